The first-order valence-electron chi connectivity index (χ1n) is 10.8. The molecule has 0 atom stereocenters. The molecule has 0 aliphatic carbocycles. The Bertz CT molecular complexity index is 1240. The average molecular weight is 495 g/mol. The van der Waals surface area contributed by atoms with Crippen LogP contribution in [0, 0.1) is 32.1 Å². The van der Waals surface area contributed by atoms with Crippen molar-refractivity contribution in [2.45, 2.75) is 48.0 Å². The molecule has 0 saturated carbocycles. The van der Waals surface area contributed by atoms with Gasteiger partial charge in [-0.15, -0.1) is 10.2 Å². The summed E-state index contributed by atoms with van der Waals surface area (Å²) >= 11 is 1.10. The van der Waals surface area contributed by atoms with Gasteiger partial charge in [0.1, 0.15) is 17.3 Å². The van der Waals surface area contributed by atoms with Crippen LogP contribution in [0.2, 0.25) is 0 Å². The van der Waals surface area contributed by atoms with Gasteiger partial charge in [0.15, 0.2) is 5.00 Å². The molecule has 0 bridgehead atoms. The molecule has 4 N–H and O–H groups in total. The number of aryl methyl sites for hydroxylation is 3. The number of nitrogens with one attached hydrogen (secondary N) is 1. The minimum Gasteiger partial charge on any atom is -0.478 e. The van der Waals surface area contributed by atoms with E-state index in [1.165, 1.54) is 13.3 Å². The van der Waals surface area contributed by atoms with Crippen molar-refractivity contribution in [2.24, 2.45) is 10.2 Å². The van der Waals surface area contributed by atoms with Gasteiger partial charge in [-0.2, -0.15) is 9.64 Å². The second kappa shape index (κ2) is 14.2. The predicted octanol–water partition coefficient (Wildman–Crippen LogP) is 6.70. The van der Waals surface area contributed by atoms with Crippen molar-refractivity contribution in [3.8, 4) is 6.07 Å². The topological polar surface area (TPSA) is 154 Å². The Morgan fingerprint density at radius 2 is 1.80 bits per heavy atom. The highest BCUT2D eigenvalue weighted by molar-refractivity contribution is 7.10. The Balaban J connectivity index is 0.000000366. The number of carbonyl (C=O) groups is 2. The molecule has 0 spiro atoms. The number of nitriles is 1. The molecule has 0 aliphatic heterocycles. The molecule has 35 heavy (non-hydrogen) atoms. The minimum absolute atomic E-state index is 0.233. The summed E-state index contributed by atoms with van der Waals surface area (Å²) in [7, 11) is 0. The van der Waals surface area contributed by atoms with Crippen molar-refractivity contribution < 1.29 is 14.7 Å². The first-order chi connectivity index (χ1) is 16.5. The number of benzene rings is 2. The monoisotopic (exact) mass is 494 g/mol. The molecular weight excluding hydrogens is 464 g/mol. The van der Waals surface area contributed by atoms with Gasteiger partial charge < -0.3 is 16.2 Å². The lowest BCUT2D eigenvalue weighted by atomic mass is 10.1. The second-order valence-corrected chi connectivity index (χ2v) is 8.30. The smallest absolute Gasteiger partial charge is 0.335 e. The summed E-state index contributed by atoms with van der Waals surface area (Å²) in [4.78, 5) is 21.7. The van der Waals surface area contributed by atoms with Gasteiger partial charge in [-0.05, 0) is 62.1 Å². The van der Waals surface area contributed by atoms with E-state index in [1.807, 2.05) is 19.1 Å². The van der Waals surface area contributed by atoms with Crippen LogP contribution in [-0.2, 0) is 4.79 Å². The Morgan fingerprint density at radius 3 is 2.34 bits per heavy atom. The summed E-state index contributed by atoms with van der Waals surface area (Å²) in [5, 5.41) is 28.9. The van der Waals surface area contributed by atoms with Gasteiger partial charge in [-0.1, -0.05) is 38.0 Å². The summed E-state index contributed by atoms with van der Waals surface area (Å²) in [6.07, 6.45) is 1.25. The van der Waals surface area contributed by atoms with Gasteiger partial charge in [-0.3, -0.25) is 4.79 Å². The summed E-state index contributed by atoms with van der Waals surface area (Å²) in [6.45, 7) is 11.1. The highest BCUT2D eigenvalue weighted by Gasteiger charge is 2.10. The third kappa shape index (κ3) is 9.35. The number of hydrogen-bond acceptors (Lipinski definition) is 8. The fraction of sp³-hybridized carbons (Fsp3) is 0.280. The Labute approximate surface area is 209 Å². The fourth-order valence-corrected chi connectivity index (χ4v) is 3.31. The second-order valence-electron chi connectivity index (χ2n) is 7.55. The predicted molar refractivity (Wildman–Crippen MR) is 140 cm³/mol. The SMILES string of the molecule is CC(=O)Nc1cc(N)ccc1N=Nc1snc(C)c1C#N.CCC.Cc1ccc(C(=O)O)c(C)c1. The number of carboxylic acids is 1. The molecule has 0 unspecified atom stereocenters. The van der Waals surface area contributed by atoms with E-state index in [-0.39, 0.29) is 5.91 Å². The van der Waals surface area contributed by atoms with Crippen molar-refractivity contribution in [3.05, 3.63) is 64.3 Å². The number of nitrogens with zero attached hydrogens (tertiary/aromatic N) is 4. The minimum atomic E-state index is -0.859. The first-order valence-corrected chi connectivity index (χ1v) is 11.6. The number of aromatic carboxylic acids is 1. The number of azo groups is 1. The van der Waals surface area contributed by atoms with Gasteiger partial charge in [0.2, 0.25) is 5.91 Å². The van der Waals surface area contributed by atoms with Gasteiger partial charge in [0.05, 0.1) is 16.9 Å². The average Bonchev–Trinajstić information content (AvgIpc) is 3.13. The molecule has 9 nitrogen and oxygen atoms in total. The van der Waals surface area contributed by atoms with Crippen LogP contribution in [0.4, 0.5) is 22.1 Å². The van der Waals surface area contributed by atoms with E-state index in [2.05, 4.69) is 33.8 Å². The molecule has 1 aromatic heterocycles. The van der Waals surface area contributed by atoms with Crippen LogP contribution in [0.15, 0.2) is 46.6 Å². The number of nitrogens with two attached hydrogens (primary N) is 1. The van der Waals surface area contributed by atoms with Crippen molar-refractivity contribution in [2.75, 3.05) is 11.1 Å². The van der Waals surface area contributed by atoms with Gasteiger partial charge in [0, 0.05) is 12.6 Å². The lowest BCUT2D eigenvalue weighted by Crippen LogP contribution is -2.06. The molecule has 1 heterocycles. The third-order valence-corrected chi connectivity index (χ3v) is 4.97. The molecule has 0 saturated heterocycles. The van der Waals surface area contributed by atoms with Crippen LogP contribution in [-0.4, -0.2) is 21.4 Å². The summed E-state index contributed by atoms with van der Waals surface area (Å²) in [5.41, 5.74) is 10.4. The summed E-state index contributed by atoms with van der Waals surface area (Å²) < 4.78 is 4.06. The molecule has 3 rings (SSSR count). The first kappa shape index (κ1) is 28.9. The van der Waals surface area contributed by atoms with Crippen LogP contribution in [0.25, 0.3) is 0 Å². The lowest BCUT2D eigenvalue weighted by molar-refractivity contribution is -0.114. The van der Waals surface area contributed by atoms with E-state index in [4.69, 9.17) is 16.1 Å². The van der Waals surface area contributed by atoms with Crippen molar-refractivity contribution in [1.29, 1.82) is 5.26 Å². The van der Waals surface area contributed by atoms with E-state index in [0.717, 1.165) is 22.7 Å². The van der Waals surface area contributed by atoms with Crippen LogP contribution in [0.5, 0.6) is 0 Å². The van der Waals surface area contributed by atoms with Crippen LogP contribution < -0.4 is 11.1 Å². The zero-order valence-electron chi connectivity index (χ0n) is 20.7. The van der Waals surface area contributed by atoms with E-state index >= 15 is 0 Å². The molecule has 10 heteroatoms. The highest BCUT2D eigenvalue weighted by Crippen LogP contribution is 2.32. The molecule has 0 radical (unpaired) electrons. The Hall–Kier alpha value is -4.10. The fourth-order valence-electron chi connectivity index (χ4n) is 2.64. The van der Waals surface area contributed by atoms with Gasteiger partial charge in [0.25, 0.3) is 0 Å². The van der Waals surface area contributed by atoms with Crippen LogP contribution in [0.1, 0.15) is 59.9 Å². The van der Waals surface area contributed by atoms with Gasteiger partial charge in [-0.25, -0.2) is 4.79 Å². The number of anilines is 2. The van der Waals surface area contributed by atoms with E-state index in [1.54, 1.807) is 44.2 Å². The van der Waals surface area contributed by atoms with E-state index in [9.17, 15) is 9.59 Å². The Kier molecular flexibility index (Phi) is 11.8. The largest absolute Gasteiger partial charge is 0.478 e. The molecule has 0 fully saturated rings. The van der Waals surface area contributed by atoms with Crippen LogP contribution in [0.3, 0.4) is 0 Å². The van der Waals surface area contributed by atoms with Crippen molar-refractivity contribution in [3.63, 3.8) is 0 Å². The quantitative estimate of drug-likeness (QED) is 0.271. The molecule has 3 aromatic rings. The number of carbonyl (C=O) groups excluding carboxylic acids is 1. The number of rotatable bonds is 4. The molecule has 2 aromatic carbocycles. The Morgan fingerprint density at radius 1 is 1.14 bits per heavy atom. The number of aromatic nitrogens is 1. The van der Waals surface area contributed by atoms with Gasteiger partial charge >= 0.3 is 5.97 Å². The molecular formula is C25H30N6O3S. The lowest BCUT2D eigenvalue weighted by Gasteiger charge is -2.06. The number of carboxylic acid groups (broad SMARTS) is 1. The number of hydrogen-bond donors (Lipinski definition) is 3. The van der Waals surface area contributed by atoms with Crippen molar-refractivity contribution in [1.82, 2.24) is 4.37 Å². The van der Waals surface area contributed by atoms with E-state index < -0.39 is 5.97 Å². The number of nitrogen functional groups attached to an aromatic ring is 1. The zero-order valence-corrected chi connectivity index (χ0v) is 21.5. The summed E-state index contributed by atoms with van der Waals surface area (Å²) in [6, 6.07) is 12.2. The zero-order chi connectivity index (χ0) is 26.5. The molecule has 0 aliphatic rings. The van der Waals surface area contributed by atoms with Crippen molar-refractivity contribution >= 4 is 45.5 Å². The van der Waals surface area contributed by atoms with Crippen LogP contribution >= 0.6 is 11.5 Å². The summed E-state index contributed by atoms with van der Waals surface area (Å²) in [5.74, 6) is -1.09. The maximum atomic E-state index is 11.2. The standard InChI is InChI=1S/C13H12N6OS.C9H10O2.C3H8/c1-7-10(6-14)13(21-19-7)18-17-11-4-3-9(15)5-12(11)16-8(2)20;1-6-3-4-8(9(10)11)7(2)5-6;1-3-2/h3-5H,15H2,1-2H3,(H,16,20);3-5H,1-2H3,(H,10,11);3H2,1-2H3. The molecule has 184 valence electrons. The maximum Gasteiger partial charge on any atom is 0.335 e. The normalized spacial score (nSPS) is 9.86. The third-order valence-electron chi connectivity index (χ3n) is 4.15. The highest BCUT2D eigenvalue weighted by atomic mass is 32.1. The molecule has 1 amide bonds. The number of amides is 1. The van der Waals surface area contributed by atoms with E-state index in [0.29, 0.717) is 38.9 Å². The maximum absolute atomic E-state index is 11.2.